The van der Waals surface area contributed by atoms with Gasteiger partial charge in [0.25, 0.3) is 0 Å². The first-order valence-electron chi connectivity index (χ1n) is 8.84. The monoisotopic (exact) mass is 342 g/mol. The highest BCUT2D eigenvalue weighted by atomic mass is 16.3. The molecule has 0 saturated heterocycles. The summed E-state index contributed by atoms with van der Waals surface area (Å²) >= 11 is 0. The SMILES string of the molecule is CC(C)n1cnc2c1[C@H](C(=O)NCCO)N(Cc1ccccc1)CC2. The average Bonchev–Trinajstić information content (AvgIpc) is 3.04. The molecule has 1 amide bonds. The van der Waals surface area contributed by atoms with Crippen molar-refractivity contribution in [2.75, 3.05) is 19.7 Å². The van der Waals surface area contributed by atoms with Gasteiger partial charge in [-0.15, -0.1) is 0 Å². The summed E-state index contributed by atoms with van der Waals surface area (Å²) in [5.41, 5.74) is 3.16. The molecule has 2 aromatic rings. The molecule has 2 N–H and O–H groups in total. The Balaban J connectivity index is 1.94. The van der Waals surface area contributed by atoms with Crippen LogP contribution in [-0.2, 0) is 17.8 Å². The van der Waals surface area contributed by atoms with Gasteiger partial charge in [-0.2, -0.15) is 0 Å². The number of aliphatic hydroxyl groups is 1. The van der Waals surface area contributed by atoms with Crippen molar-refractivity contribution in [2.45, 2.75) is 38.9 Å². The van der Waals surface area contributed by atoms with E-state index in [1.807, 2.05) is 24.5 Å². The molecular weight excluding hydrogens is 316 g/mol. The fourth-order valence-electron chi connectivity index (χ4n) is 3.42. The lowest BCUT2D eigenvalue weighted by Crippen LogP contribution is -2.45. The van der Waals surface area contributed by atoms with Gasteiger partial charge in [-0.25, -0.2) is 4.98 Å². The van der Waals surface area contributed by atoms with Crippen LogP contribution >= 0.6 is 0 Å². The molecular formula is C19H26N4O2. The first-order chi connectivity index (χ1) is 12.1. The summed E-state index contributed by atoms with van der Waals surface area (Å²) in [4.78, 5) is 19.6. The van der Waals surface area contributed by atoms with Crippen LogP contribution in [0.4, 0.5) is 0 Å². The lowest BCUT2D eigenvalue weighted by molar-refractivity contribution is -0.127. The van der Waals surface area contributed by atoms with E-state index in [9.17, 15) is 4.79 Å². The standard InChI is InChI=1S/C19H26N4O2/c1-14(2)23-13-21-16-8-10-22(12-15-6-4-3-5-7-15)18(17(16)23)19(25)20-9-11-24/h3-7,13-14,18,24H,8-12H2,1-2H3,(H,20,25)/t18-/m1/s1. The first-order valence-corrected chi connectivity index (χ1v) is 8.84. The third-order valence-electron chi connectivity index (χ3n) is 4.62. The van der Waals surface area contributed by atoms with E-state index in [-0.39, 0.29) is 31.1 Å². The van der Waals surface area contributed by atoms with Crippen LogP contribution in [0, 0.1) is 0 Å². The minimum atomic E-state index is -0.389. The summed E-state index contributed by atoms with van der Waals surface area (Å²) in [6.45, 7) is 5.89. The Morgan fingerprint density at radius 2 is 2.12 bits per heavy atom. The van der Waals surface area contributed by atoms with Gasteiger partial charge in [0.1, 0.15) is 6.04 Å². The second kappa shape index (κ2) is 7.80. The van der Waals surface area contributed by atoms with Gasteiger partial charge in [0.05, 0.1) is 24.3 Å². The Morgan fingerprint density at radius 3 is 2.80 bits per heavy atom. The molecule has 25 heavy (non-hydrogen) atoms. The van der Waals surface area contributed by atoms with Gasteiger partial charge in [0.15, 0.2) is 0 Å². The molecule has 0 aliphatic carbocycles. The minimum Gasteiger partial charge on any atom is -0.395 e. The number of carbonyl (C=O) groups excluding carboxylic acids is 1. The maximum Gasteiger partial charge on any atom is 0.243 e. The van der Waals surface area contributed by atoms with Gasteiger partial charge in [-0.3, -0.25) is 9.69 Å². The van der Waals surface area contributed by atoms with Crippen LogP contribution in [0.3, 0.4) is 0 Å². The van der Waals surface area contributed by atoms with E-state index in [4.69, 9.17) is 5.11 Å². The Morgan fingerprint density at radius 1 is 1.36 bits per heavy atom. The fourth-order valence-corrected chi connectivity index (χ4v) is 3.42. The van der Waals surface area contributed by atoms with Crippen molar-refractivity contribution in [1.82, 2.24) is 19.8 Å². The van der Waals surface area contributed by atoms with Crippen LogP contribution in [0.15, 0.2) is 36.7 Å². The highest BCUT2D eigenvalue weighted by Crippen LogP contribution is 2.32. The molecule has 1 aromatic heterocycles. The lowest BCUT2D eigenvalue weighted by Gasteiger charge is -2.35. The maximum atomic E-state index is 12.9. The minimum absolute atomic E-state index is 0.0621. The number of aromatic nitrogens is 2. The van der Waals surface area contributed by atoms with Gasteiger partial charge in [0, 0.05) is 32.1 Å². The van der Waals surface area contributed by atoms with Crippen molar-refractivity contribution < 1.29 is 9.90 Å². The van der Waals surface area contributed by atoms with Gasteiger partial charge in [-0.05, 0) is 19.4 Å². The summed E-state index contributed by atoms with van der Waals surface area (Å²) in [7, 11) is 0. The number of benzene rings is 1. The van der Waals surface area contributed by atoms with E-state index in [1.165, 1.54) is 5.56 Å². The van der Waals surface area contributed by atoms with Gasteiger partial charge < -0.3 is 15.0 Å². The quantitative estimate of drug-likeness (QED) is 0.838. The molecule has 0 fully saturated rings. The van der Waals surface area contributed by atoms with Gasteiger partial charge in [0.2, 0.25) is 5.91 Å². The molecule has 2 heterocycles. The first kappa shape index (κ1) is 17.6. The predicted octanol–water partition coefficient (Wildman–Crippen LogP) is 1.67. The predicted molar refractivity (Wildman–Crippen MR) is 96.0 cm³/mol. The molecule has 0 radical (unpaired) electrons. The highest BCUT2D eigenvalue weighted by Gasteiger charge is 2.36. The summed E-state index contributed by atoms with van der Waals surface area (Å²) in [6, 6.07) is 10.0. The van der Waals surface area contributed by atoms with E-state index in [0.717, 1.165) is 24.4 Å². The third kappa shape index (κ3) is 3.75. The molecule has 1 aromatic carbocycles. The molecule has 1 atom stereocenters. The topological polar surface area (TPSA) is 70.4 Å². The molecule has 1 aliphatic rings. The van der Waals surface area contributed by atoms with Gasteiger partial charge >= 0.3 is 0 Å². The number of nitrogens with one attached hydrogen (secondary N) is 1. The van der Waals surface area contributed by atoms with Crippen LogP contribution in [-0.4, -0.2) is 45.2 Å². The Hall–Kier alpha value is -2.18. The normalized spacial score (nSPS) is 17.5. The number of imidazole rings is 1. The van der Waals surface area contributed by atoms with E-state index in [2.05, 4.69) is 45.7 Å². The Bertz CT molecular complexity index is 711. The zero-order chi connectivity index (χ0) is 17.8. The second-order valence-electron chi connectivity index (χ2n) is 6.70. The van der Waals surface area contributed by atoms with E-state index in [1.54, 1.807) is 0 Å². The van der Waals surface area contributed by atoms with E-state index < -0.39 is 0 Å². The summed E-state index contributed by atoms with van der Waals surface area (Å²) in [6.07, 6.45) is 2.68. The number of hydrogen-bond donors (Lipinski definition) is 2. The Labute approximate surface area is 148 Å². The van der Waals surface area contributed by atoms with Crippen molar-refractivity contribution in [3.8, 4) is 0 Å². The fraction of sp³-hybridized carbons (Fsp3) is 0.474. The van der Waals surface area contributed by atoms with Crippen LogP contribution in [0.5, 0.6) is 0 Å². The van der Waals surface area contributed by atoms with Crippen LogP contribution in [0.1, 0.15) is 42.9 Å². The van der Waals surface area contributed by atoms with Crippen molar-refractivity contribution in [1.29, 1.82) is 0 Å². The number of nitrogens with zero attached hydrogens (tertiary/aromatic N) is 3. The van der Waals surface area contributed by atoms with Crippen molar-refractivity contribution in [2.24, 2.45) is 0 Å². The molecule has 1 aliphatic heterocycles. The number of hydrogen-bond acceptors (Lipinski definition) is 4. The number of carbonyl (C=O) groups is 1. The molecule has 0 saturated carbocycles. The molecule has 134 valence electrons. The molecule has 6 heteroatoms. The van der Waals surface area contributed by atoms with Crippen molar-refractivity contribution >= 4 is 5.91 Å². The lowest BCUT2D eigenvalue weighted by atomic mass is 10.00. The van der Waals surface area contributed by atoms with Crippen LogP contribution in [0.2, 0.25) is 0 Å². The number of fused-ring (bicyclic) bond motifs is 1. The number of rotatable bonds is 6. The number of amides is 1. The molecule has 6 nitrogen and oxygen atoms in total. The molecule has 0 spiro atoms. The molecule has 0 bridgehead atoms. The zero-order valence-corrected chi connectivity index (χ0v) is 14.9. The summed E-state index contributed by atoms with van der Waals surface area (Å²) in [5.74, 6) is -0.0756. The smallest absolute Gasteiger partial charge is 0.243 e. The van der Waals surface area contributed by atoms with Crippen molar-refractivity contribution in [3.63, 3.8) is 0 Å². The molecule has 0 unspecified atom stereocenters. The molecule has 3 rings (SSSR count). The number of aliphatic hydroxyl groups excluding tert-OH is 1. The Kier molecular flexibility index (Phi) is 5.50. The third-order valence-corrected chi connectivity index (χ3v) is 4.62. The zero-order valence-electron chi connectivity index (χ0n) is 14.9. The highest BCUT2D eigenvalue weighted by molar-refractivity contribution is 5.83. The second-order valence-corrected chi connectivity index (χ2v) is 6.70. The summed E-state index contributed by atoms with van der Waals surface area (Å²) in [5, 5.41) is 11.9. The van der Waals surface area contributed by atoms with Gasteiger partial charge in [-0.1, -0.05) is 30.3 Å². The summed E-state index contributed by atoms with van der Waals surface area (Å²) < 4.78 is 2.09. The van der Waals surface area contributed by atoms with Crippen LogP contribution in [0.25, 0.3) is 0 Å². The van der Waals surface area contributed by atoms with E-state index >= 15 is 0 Å². The van der Waals surface area contributed by atoms with Crippen molar-refractivity contribution in [3.05, 3.63) is 53.6 Å². The van der Waals surface area contributed by atoms with E-state index in [0.29, 0.717) is 6.54 Å². The van der Waals surface area contributed by atoms with Crippen LogP contribution < -0.4 is 5.32 Å². The maximum absolute atomic E-state index is 12.9. The average molecular weight is 342 g/mol. The largest absolute Gasteiger partial charge is 0.395 e.